The number of thiophene rings is 1. The Morgan fingerprint density at radius 2 is 1.77 bits per heavy atom. The zero-order chi connectivity index (χ0) is 28.4. The molecule has 0 atom stereocenters. The Morgan fingerprint density at radius 3 is 2.50 bits per heavy atom. The van der Waals surface area contributed by atoms with Crippen LogP contribution in [0.2, 0.25) is 5.02 Å². The smallest absolute Gasteiger partial charge is 0.323 e. The number of benzene rings is 2. The summed E-state index contributed by atoms with van der Waals surface area (Å²) in [5.74, 6) is -1.26. The summed E-state index contributed by atoms with van der Waals surface area (Å²) >= 11 is 7.77. The molecule has 5 rings (SSSR count). The molecule has 0 spiro atoms. The van der Waals surface area contributed by atoms with Crippen molar-refractivity contribution in [2.45, 2.75) is 39.8 Å². The van der Waals surface area contributed by atoms with Crippen LogP contribution in [0.5, 0.6) is 0 Å². The van der Waals surface area contributed by atoms with Crippen molar-refractivity contribution in [2.75, 3.05) is 0 Å². The van der Waals surface area contributed by atoms with Crippen molar-refractivity contribution in [1.82, 2.24) is 24.6 Å². The quantitative estimate of drug-likeness (QED) is 0.218. The van der Waals surface area contributed by atoms with Gasteiger partial charge in [0.2, 0.25) is 0 Å². The first kappa shape index (κ1) is 27.3. The third-order valence-corrected chi connectivity index (χ3v) is 8.27. The van der Waals surface area contributed by atoms with Crippen molar-refractivity contribution < 1.29 is 19.5 Å². The molecule has 0 saturated heterocycles. The van der Waals surface area contributed by atoms with Crippen molar-refractivity contribution in [3.63, 3.8) is 0 Å². The number of aryl methyl sites for hydroxylation is 2. The SMILES string of the molecule is CCc1cc(C(=O)c2ccccc2Cl)c(-n2cnnc2CNC(=O)c2c(CC)c3ccccc3n2CC(=O)O)s1. The molecule has 0 saturated carbocycles. The van der Waals surface area contributed by atoms with Crippen LogP contribution in [-0.2, 0) is 30.7 Å². The van der Waals surface area contributed by atoms with Crippen molar-refractivity contribution in [2.24, 2.45) is 0 Å². The topological polar surface area (TPSA) is 119 Å². The van der Waals surface area contributed by atoms with Crippen molar-refractivity contribution in [3.05, 3.63) is 99.0 Å². The highest BCUT2D eigenvalue weighted by Crippen LogP contribution is 2.32. The van der Waals surface area contributed by atoms with Crippen LogP contribution in [-0.4, -0.2) is 42.1 Å². The molecule has 5 aromatic rings. The third-order valence-electron chi connectivity index (χ3n) is 6.66. The molecule has 204 valence electrons. The van der Waals surface area contributed by atoms with Crippen LogP contribution in [0.1, 0.15) is 56.5 Å². The van der Waals surface area contributed by atoms with Crippen LogP contribution >= 0.6 is 22.9 Å². The number of amides is 1. The number of hydrogen-bond acceptors (Lipinski definition) is 6. The summed E-state index contributed by atoms with van der Waals surface area (Å²) in [6, 6.07) is 16.1. The van der Waals surface area contributed by atoms with Gasteiger partial charge in [-0.3, -0.25) is 19.0 Å². The van der Waals surface area contributed by atoms with Gasteiger partial charge in [-0.1, -0.05) is 55.8 Å². The number of carbonyl (C=O) groups is 3. The van der Waals surface area contributed by atoms with E-state index in [4.69, 9.17) is 11.6 Å². The number of carbonyl (C=O) groups excluding carboxylic acids is 2. The average molecular weight is 576 g/mol. The lowest BCUT2D eigenvalue weighted by atomic mass is 10.0. The minimum atomic E-state index is -1.04. The predicted molar refractivity (Wildman–Crippen MR) is 154 cm³/mol. The molecule has 9 nitrogen and oxygen atoms in total. The molecule has 2 N–H and O–H groups in total. The maximum atomic E-state index is 13.5. The average Bonchev–Trinajstić information content (AvgIpc) is 3.67. The number of hydrogen-bond donors (Lipinski definition) is 2. The van der Waals surface area contributed by atoms with E-state index in [1.54, 1.807) is 28.8 Å². The normalized spacial score (nSPS) is 11.2. The van der Waals surface area contributed by atoms with E-state index in [9.17, 15) is 19.5 Å². The molecule has 0 aliphatic carbocycles. The highest BCUT2D eigenvalue weighted by Gasteiger charge is 2.25. The number of nitrogens with one attached hydrogen (secondary N) is 1. The Bertz CT molecular complexity index is 1750. The third kappa shape index (κ3) is 5.03. The molecular weight excluding hydrogens is 550 g/mol. The number of carboxylic acids is 1. The van der Waals surface area contributed by atoms with Crippen LogP contribution in [0.3, 0.4) is 0 Å². The van der Waals surface area contributed by atoms with Crippen LogP contribution in [0.4, 0.5) is 0 Å². The lowest BCUT2D eigenvalue weighted by molar-refractivity contribution is -0.137. The van der Waals surface area contributed by atoms with Crippen molar-refractivity contribution in [3.8, 4) is 5.00 Å². The predicted octanol–water partition coefficient (Wildman–Crippen LogP) is 5.31. The van der Waals surface area contributed by atoms with E-state index in [0.717, 1.165) is 22.2 Å². The molecule has 3 aromatic heterocycles. The van der Waals surface area contributed by atoms with Crippen LogP contribution < -0.4 is 5.32 Å². The molecule has 3 heterocycles. The van der Waals surface area contributed by atoms with Gasteiger partial charge in [0.25, 0.3) is 5.91 Å². The summed E-state index contributed by atoms with van der Waals surface area (Å²) in [5.41, 5.74) is 2.62. The fraction of sp³-hybridized carbons (Fsp3) is 0.207. The van der Waals surface area contributed by atoms with E-state index in [-0.39, 0.29) is 18.9 Å². The number of aliphatic carboxylic acids is 1. The Hall–Kier alpha value is -4.28. The Kier molecular flexibility index (Phi) is 7.81. The van der Waals surface area contributed by atoms with Crippen molar-refractivity contribution >= 4 is 51.5 Å². The van der Waals surface area contributed by atoms with Gasteiger partial charge in [0.1, 0.15) is 23.6 Å². The minimum absolute atomic E-state index is 0.00959. The number of rotatable bonds is 10. The van der Waals surface area contributed by atoms with Gasteiger partial charge < -0.3 is 15.0 Å². The van der Waals surface area contributed by atoms with Gasteiger partial charge in [-0.15, -0.1) is 21.5 Å². The molecule has 0 fully saturated rings. The zero-order valence-electron chi connectivity index (χ0n) is 21.8. The number of nitrogens with zero attached hydrogens (tertiary/aromatic N) is 4. The number of halogens is 1. The number of aromatic nitrogens is 4. The molecule has 0 aliphatic rings. The zero-order valence-corrected chi connectivity index (χ0v) is 23.4. The summed E-state index contributed by atoms with van der Waals surface area (Å²) in [4.78, 5) is 39.7. The first-order valence-electron chi connectivity index (χ1n) is 12.7. The molecule has 2 aromatic carbocycles. The second-order valence-electron chi connectivity index (χ2n) is 9.07. The van der Waals surface area contributed by atoms with Gasteiger partial charge in [0, 0.05) is 21.3 Å². The molecule has 0 aliphatic heterocycles. The summed E-state index contributed by atoms with van der Waals surface area (Å²) in [6.07, 6.45) is 2.79. The highest BCUT2D eigenvalue weighted by molar-refractivity contribution is 7.15. The lowest BCUT2D eigenvalue weighted by Crippen LogP contribution is -2.28. The first-order valence-corrected chi connectivity index (χ1v) is 13.9. The van der Waals surface area contributed by atoms with Gasteiger partial charge >= 0.3 is 5.97 Å². The van der Waals surface area contributed by atoms with E-state index in [1.165, 1.54) is 22.2 Å². The van der Waals surface area contributed by atoms with Crippen molar-refractivity contribution in [1.29, 1.82) is 0 Å². The van der Waals surface area contributed by atoms with Gasteiger partial charge in [-0.05, 0) is 42.7 Å². The molecule has 1 amide bonds. The van der Waals surface area contributed by atoms with E-state index >= 15 is 0 Å². The highest BCUT2D eigenvalue weighted by atomic mass is 35.5. The number of ketones is 1. The monoisotopic (exact) mass is 575 g/mol. The number of fused-ring (bicyclic) bond motifs is 1. The molecule has 0 radical (unpaired) electrons. The second-order valence-corrected chi connectivity index (χ2v) is 10.6. The van der Waals surface area contributed by atoms with E-state index in [2.05, 4.69) is 15.5 Å². The maximum absolute atomic E-state index is 13.5. The summed E-state index contributed by atoms with van der Waals surface area (Å²) in [7, 11) is 0. The van der Waals surface area contributed by atoms with E-state index < -0.39 is 11.9 Å². The Morgan fingerprint density at radius 1 is 1.02 bits per heavy atom. The van der Waals surface area contributed by atoms with E-state index in [0.29, 0.717) is 44.6 Å². The summed E-state index contributed by atoms with van der Waals surface area (Å²) in [6.45, 7) is 3.60. The van der Waals surface area contributed by atoms with Gasteiger partial charge in [-0.25, -0.2) is 0 Å². The van der Waals surface area contributed by atoms with Gasteiger partial charge in [0.05, 0.1) is 17.1 Å². The minimum Gasteiger partial charge on any atom is -0.480 e. The lowest BCUT2D eigenvalue weighted by Gasteiger charge is -2.12. The first-order chi connectivity index (χ1) is 19.3. The fourth-order valence-corrected chi connectivity index (χ4v) is 6.13. The summed E-state index contributed by atoms with van der Waals surface area (Å²) < 4.78 is 3.23. The van der Waals surface area contributed by atoms with E-state index in [1.807, 2.05) is 44.2 Å². The fourth-order valence-electron chi connectivity index (χ4n) is 4.82. The standard InChI is InChI=1S/C29H26ClN5O4S/c1-3-17-13-21(27(38)20-10-5-7-11-22(20)30)29(40-17)35-16-32-33-24(35)14-31-28(39)26-18(4-2)19-9-6-8-12-23(19)34(26)15-25(36)37/h5-13,16H,3-4,14-15H2,1-2H3,(H,31,39)(H,36,37). The molecule has 0 bridgehead atoms. The molecule has 40 heavy (non-hydrogen) atoms. The molecule has 0 unspecified atom stereocenters. The van der Waals surface area contributed by atoms with Gasteiger partial charge in [-0.2, -0.15) is 0 Å². The second kappa shape index (κ2) is 11.4. The largest absolute Gasteiger partial charge is 0.480 e. The maximum Gasteiger partial charge on any atom is 0.323 e. The number of para-hydroxylation sites is 1. The number of carboxylic acid groups (broad SMARTS) is 1. The van der Waals surface area contributed by atoms with Crippen LogP contribution in [0.25, 0.3) is 15.9 Å². The van der Waals surface area contributed by atoms with Crippen LogP contribution in [0.15, 0.2) is 60.9 Å². The molecule has 11 heteroatoms. The Balaban J connectivity index is 1.48. The molecular formula is C29H26ClN5O4S. The summed E-state index contributed by atoms with van der Waals surface area (Å²) in [5, 5.41) is 22.5. The Labute approximate surface area is 239 Å². The van der Waals surface area contributed by atoms with Gasteiger partial charge in [0.15, 0.2) is 11.6 Å². The van der Waals surface area contributed by atoms with Crippen LogP contribution in [0, 0.1) is 0 Å².